The predicted octanol–water partition coefficient (Wildman–Crippen LogP) is -0.199. The first-order valence-electron chi connectivity index (χ1n) is 3.89. The quantitative estimate of drug-likeness (QED) is 0.249. The zero-order valence-corrected chi connectivity index (χ0v) is 7.45. The van der Waals surface area contributed by atoms with E-state index in [2.05, 4.69) is 5.16 Å². The molecule has 5 heteroatoms. The number of nitrogens with two attached hydrogens (primary N) is 1. The van der Waals surface area contributed by atoms with Crippen LogP contribution in [0.1, 0.15) is 13.3 Å². The number of likely N-dealkylation sites (tertiary alicyclic amines) is 1. The molecule has 0 amide bonds. The molecule has 1 unspecified atom stereocenters. The Morgan fingerprint density at radius 1 is 1.75 bits per heavy atom. The van der Waals surface area contributed by atoms with Crippen molar-refractivity contribution < 1.29 is 9.94 Å². The van der Waals surface area contributed by atoms with Gasteiger partial charge >= 0.3 is 0 Å². The van der Waals surface area contributed by atoms with E-state index < -0.39 is 0 Å². The van der Waals surface area contributed by atoms with Gasteiger partial charge in [-0.15, -0.1) is 0 Å². The Bertz CT molecular complexity index is 195. The minimum atomic E-state index is -0.157. The first kappa shape index (κ1) is 9.12. The van der Waals surface area contributed by atoms with Gasteiger partial charge in [-0.3, -0.25) is 0 Å². The van der Waals surface area contributed by atoms with Crippen LogP contribution in [0.25, 0.3) is 0 Å². The number of hydrogen-bond acceptors (Lipinski definition) is 3. The number of rotatable bonds is 1. The Morgan fingerprint density at radius 2 is 2.42 bits per heavy atom. The van der Waals surface area contributed by atoms with E-state index >= 15 is 0 Å². The van der Waals surface area contributed by atoms with Gasteiger partial charge in [-0.2, -0.15) is 0 Å². The highest BCUT2D eigenvalue weighted by molar-refractivity contribution is 5.77. The van der Waals surface area contributed by atoms with Gasteiger partial charge in [0.1, 0.15) is 0 Å². The average Bonchev–Trinajstić information content (AvgIpc) is 2.48. The third-order valence-electron chi connectivity index (χ3n) is 2.36. The molecule has 0 saturated carbocycles. The minimum Gasteiger partial charge on any atom is -0.408 e. The second-order valence-corrected chi connectivity index (χ2v) is 3.28. The summed E-state index contributed by atoms with van der Waals surface area (Å²) in [6, 6.07) is 0. The van der Waals surface area contributed by atoms with E-state index in [0.717, 1.165) is 13.0 Å². The Kier molecular flexibility index (Phi) is 2.42. The molecule has 12 heavy (non-hydrogen) atoms. The second kappa shape index (κ2) is 3.18. The Balaban J connectivity index is 2.56. The predicted molar refractivity (Wildman–Crippen MR) is 45.0 cm³/mol. The molecule has 1 atom stereocenters. The molecular formula is C7H15N3O2. The van der Waals surface area contributed by atoms with Crippen LogP contribution in [0.3, 0.4) is 0 Å². The Morgan fingerprint density at radius 3 is 2.83 bits per heavy atom. The molecule has 1 fully saturated rings. The summed E-state index contributed by atoms with van der Waals surface area (Å²) in [4.78, 5) is 1.80. The third kappa shape index (κ3) is 1.61. The smallest absolute Gasteiger partial charge is 0.233 e. The SMILES string of the molecule is COC1(C)CCN(/C(N)=N/O)C1. The lowest BCUT2D eigenvalue weighted by Gasteiger charge is -2.22. The van der Waals surface area contributed by atoms with Gasteiger partial charge in [0.25, 0.3) is 0 Å². The number of ether oxygens (including phenoxy) is 1. The second-order valence-electron chi connectivity index (χ2n) is 3.28. The van der Waals surface area contributed by atoms with Gasteiger partial charge in [0.15, 0.2) is 0 Å². The van der Waals surface area contributed by atoms with Crippen molar-refractivity contribution in [2.45, 2.75) is 18.9 Å². The molecule has 3 N–H and O–H groups in total. The molecule has 0 radical (unpaired) electrons. The Hall–Kier alpha value is -0.970. The van der Waals surface area contributed by atoms with Crippen molar-refractivity contribution in [1.29, 1.82) is 0 Å². The van der Waals surface area contributed by atoms with Crippen molar-refractivity contribution in [2.24, 2.45) is 10.9 Å². The minimum absolute atomic E-state index is 0.157. The van der Waals surface area contributed by atoms with Gasteiger partial charge < -0.3 is 20.6 Å². The zero-order chi connectivity index (χ0) is 9.19. The van der Waals surface area contributed by atoms with Crippen LogP contribution in [0.2, 0.25) is 0 Å². The summed E-state index contributed by atoms with van der Waals surface area (Å²) in [6.07, 6.45) is 0.903. The molecule has 5 nitrogen and oxygen atoms in total. The molecule has 0 aromatic carbocycles. The van der Waals surface area contributed by atoms with Gasteiger partial charge in [0.2, 0.25) is 5.96 Å². The number of methoxy groups -OCH3 is 1. The van der Waals surface area contributed by atoms with Gasteiger partial charge in [-0.1, -0.05) is 5.16 Å². The van der Waals surface area contributed by atoms with Crippen LogP contribution in [0, 0.1) is 0 Å². The maximum Gasteiger partial charge on any atom is 0.233 e. The molecule has 0 spiro atoms. The molecular weight excluding hydrogens is 158 g/mol. The summed E-state index contributed by atoms with van der Waals surface area (Å²) in [6.45, 7) is 3.47. The molecule has 1 aliphatic rings. The van der Waals surface area contributed by atoms with Crippen molar-refractivity contribution in [2.75, 3.05) is 20.2 Å². The zero-order valence-electron chi connectivity index (χ0n) is 7.45. The molecule has 1 heterocycles. The van der Waals surface area contributed by atoms with Crippen molar-refractivity contribution in [3.63, 3.8) is 0 Å². The molecule has 1 saturated heterocycles. The van der Waals surface area contributed by atoms with E-state index in [-0.39, 0.29) is 11.6 Å². The first-order chi connectivity index (χ1) is 5.61. The monoisotopic (exact) mass is 173 g/mol. The fourth-order valence-corrected chi connectivity index (χ4v) is 1.36. The summed E-state index contributed by atoms with van der Waals surface area (Å²) in [5.41, 5.74) is 5.27. The van der Waals surface area contributed by atoms with E-state index in [1.54, 1.807) is 12.0 Å². The highest BCUT2D eigenvalue weighted by atomic mass is 16.5. The van der Waals surface area contributed by atoms with Crippen LogP contribution in [0.4, 0.5) is 0 Å². The third-order valence-corrected chi connectivity index (χ3v) is 2.36. The maximum absolute atomic E-state index is 8.42. The van der Waals surface area contributed by atoms with Gasteiger partial charge in [-0.05, 0) is 13.3 Å². The highest BCUT2D eigenvalue weighted by Gasteiger charge is 2.34. The van der Waals surface area contributed by atoms with Gasteiger partial charge in [0, 0.05) is 20.2 Å². The summed E-state index contributed by atoms with van der Waals surface area (Å²) in [7, 11) is 1.68. The number of oxime groups is 1. The first-order valence-corrected chi connectivity index (χ1v) is 3.89. The molecule has 1 rings (SSSR count). The molecule has 0 aromatic heterocycles. The van der Waals surface area contributed by atoms with Crippen LogP contribution in [-0.4, -0.2) is 41.9 Å². The normalized spacial score (nSPS) is 31.2. The standard InChI is InChI=1S/C7H15N3O2/c1-7(12-2)3-4-10(5-7)6(8)9-11/h11H,3-5H2,1-2H3,(H2,8,9). The van der Waals surface area contributed by atoms with E-state index in [1.165, 1.54) is 0 Å². The van der Waals surface area contributed by atoms with Crippen molar-refractivity contribution in [1.82, 2.24) is 4.90 Å². The number of nitrogens with zero attached hydrogens (tertiary/aromatic N) is 2. The van der Waals surface area contributed by atoms with Gasteiger partial charge in [-0.25, -0.2) is 0 Å². The lowest BCUT2D eigenvalue weighted by molar-refractivity contribution is 0.0190. The number of guanidine groups is 1. The summed E-state index contributed by atoms with van der Waals surface area (Å²) >= 11 is 0. The van der Waals surface area contributed by atoms with Crippen LogP contribution in [0.5, 0.6) is 0 Å². The largest absolute Gasteiger partial charge is 0.408 e. The molecule has 0 aliphatic carbocycles. The lowest BCUT2D eigenvalue weighted by atomic mass is 10.1. The van der Waals surface area contributed by atoms with E-state index in [9.17, 15) is 0 Å². The fraction of sp³-hybridized carbons (Fsp3) is 0.857. The lowest BCUT2D eigenvalue weighted by Crippen LogP contribution is -2.39. The van der Waals surface area contributed by atoms with Crippen LogP contribution in [-0.2, 0) is 4.74 Å². The summed E-state index contributed by atoms with van der Waals surface area (Å²) < 4.78 is 5.29. The van der Waals surface area contributed by atoms with Crippen LogP contribution >= 0.6 is 0 Å². The summed E-state index contributed by atoms with van der Waals surface area (Å²) in [5, 5.41) is 11.4. The van der Waals surface area contributed by atoms with E-state index in [1.807, 2.05) is 6.92 Å². The maximum atomic E-state index is 8.42. The average molecular weight is 173 g/mol. The Labute approximate surface area is 71.8 Å². The summed E-state index contributed by atoms with van der Waals surface area (Å²) in [5.74, 6) is 0.163. The van der Waals surface area contributed by atoms with E-state index in [0.29, 0.717) is 6.54 Å². The van der Waals surface area contributed by atoms with Crippen molar-refractivity contribution in [3.05, 3.63) is 0 Å². The van der Waals surface area contributed by atoms with Crippen LogP contribution < -0.4 is 5.73 Å². The number of hydrogen-bond donors (Lipinski definition) is 2. The fourth-order valence-electron chi connectivity index (χ4n) is 1.36. The van der Waals surface area contributed by atoms with Crippen LogP contribution in [0.15, 0.2) is 5.16 Å². The topological polar surface area (TPSA) is 71.1 Å². The molecule has 70 valence electrons. The van der Waals surface area contributed by atoms with Crippen molar-refractivity contribution in [3.8, 4) is 0 Å². The molecule has 0 bridgehead atoms. The van der Waals surface area contributed by atoms with Gasteiger partial charge in [0.05, 0.1) is 5.60 Å². The van der Waals surface area contributed by atoms with Crippen molar-refractivity contribution >= 4 is 5.96 Å². The molecule has 1 aliphatic heterocycles. The van der Waals surface area contributed by atoms with E-state index in [4.69, 9.17) is 15.7 Å². The molecule has 0 aromatic rings. The highest BCUT2D eigenvalue weighted by Crippen LogP contribution is 2.23.